The summed E-state index contributed by atoms with van der Waals surface area (Å²) in [5.41, 5.74) is 0. The Morgan fingerprint density at radius 3 is 2.25 bits per heavy atom. The molecule has 0 spiro atoms. The maximum atomic E-state index is 2.36. The molecule has 0 unspecified atom stereocenters. The van der Waals surface area contributed by atoms with Crippen molar-refractivity contribution in [2.75, 3.05) is 0 Å². The molecule has 0 N–H and O–H groups in total. The van der Waals surface area contributed by atoms with E-state index in [4.69, 9.17) is 0 Å². The van der Waals surface area contributed by atoms with Gasteiger partial charge in [0.15, 0.2) is 0 Å². The predicted octanol–water partition coefficient (Wildman–Crippen LogP) is -0.592. The smallest absolute Gasteiger partial charge is 0.0544 e. The van der Waals surface area contributed by atoms with Crippen LogP contribution >= 0.6 is 0 Å². The zero-order valence-electron chi connectivity index (χ0n) is 5.01. The third-order valence-electron chi connectivity index (χ3n) is 2.34. The summed E-state index contributed by atoms with van der Waals surface area (Å²) in [5, 5.41) is 0. The summed E-state index contributed by atoms with van der Waals surface area (Å²) in [6, 6.07) is 0. The second-order valence-electron chi connectivity index (χ2n) is 2.84. The molecule has 2 saturated heterocycles. The van der Waals surface area contributed by atoms with Gasteiger partial charge in [-0.25, -0.2) is 0 Å². The van der Waals surface area contributed by atoms with E-state index in [1.165, 1.54) is 19.1 Å². The van der Waals surface area contributed by atoms with Crippen molar-refractivity contribution < 1.29 is 0 Å². The van der Waals surface area contributed by atoms with E-state index in [2.05, 4.69) is 21.2 Å². The van der Waals surface area contributed by atoms with Crippen LogP contribution in [0.4, 0.5) is 0 Å². The maximum Gasteiger partial charge on any atom is 0.0544 e. The molecule has 8 heavy (non-hydrogen) atoms. The van der Waals surface area contributed by atoms with Gasteiger partial charge in [0, 0.05) is 21.2 Å². The predicted molar refractivity (Wildman–Crippen MR) is 43.0 cm³/mol. The second-order valence-corrected chi connectivity index (χ2v) is 2.84. The van der Waals surface area contributed by atoms with Gasteiger partial charge in [0.1, 0.15) is 0 Å². The molecule has 33 valence electrons. The van der Waals surface area contributed by atoms with Gasteiger partial charge in [-0.1, -0.05) is 19.1 Å². The summed E-state index contributed by atoms with van der Waals surface area (Å²) >= 11 is 0. The molecule has 0 saturated carbocycles. The SMILES string of the molecule is [B]1[B]B2CCCB2[B]1. The van der Waals surface area contributed by atoms with Crippen LogP contribution in [0, 0.1) is 0 Å². The first-order chi connectivity index (χ1) is 3.97. The largest absolute Gasteiger partial charge is 0.0902 e. The first kappa shape index (κ1) is 5.14. The summed E-state index contributed by atoms with van der Waals surface area (Å²) in [6.45, 7) is 1.88. The van der Waals surface area contributed by atoms with E-state index in [9.17, 15) is 0 Å². The fourth-order valence-electron chi connectivity index (χ4n) is 1.84. The number of fused-ring (bicyclic) bond motifs is 1. The average Bonchev–Trinajstić information content (AvgIpc) is 2.15. The molecule has 0 bridgehead atoms. The molecule has 2 heterocycles. The van der Waals surface area contributed by atoms with Crippen molar-refractivity contribution in [3.63, 3.8) is 0 Å². The quantitative estimate of drug-likeness (QED) is 0.353. The van der Waals surface area contributed by atoms with Gasteiger partial charge in [-0.15, -0.1) is 0 Å². The number of hydrogen-bond acceptors (Lipinski definition) is 0. The highest BCUT2D eigenvalue weighted by Gasteiger charge is 2.35. The molecule has 0 aromatic rings. The number of rotatable bonds is 0. The molecular formula is C3H6B5. The van der Waals surface area contributed by atoms with Crippen LogP contribution in [0.25, 0.3) is 0 Å². The third-order valence-corrected chi connectivity index (χ3v) is 2.34. The fraction of sp³-hybridized carbons (Fsp3) is 1.00. The average molecular weight is 96.1 g/mol. The fourth-order valence-corrected chi connectivity index (χ4v) is 1.84. The van der Waals surface area contributed by atoms with Crippen molar-refractivity contribution in [2.45, 2.75) is 19.1 Å². The van der Waals surface area contributed by atoms with Crippen LogP contribution in [0.2, 0.25) is 12.6 Å². The molecule has 0 amide bonds. The van der Waals surface area contributed by atoms with E-state index >= 15 is 0 Å². The first-order valence-electron chi connectivity index (χ1n) is 3.48. The van der Waals surface area contributed by atoms with Crippen molar-refractivity contribution in [2.24, 2.45) is 0 Å². The molecule has 0 nitrogen and oxygen atoms in total. The van der Waals surface area contributed by atoms with E-state index < -0.39 is 0 Å². The third kappa shape index (κ3) is 0.673. The van der Waals surface area contributed by atoms with E-state index in [0.29, 0.717) is 0 Å². The molecule has 0 aromatic heterocycles. The van der Waals surface area contributed by atoms with Gasteiger partial charge >= 0.3 is 0 Å². The standard InChI is InChI=1S/C3H6B5/c1-2-7-5-4-6-8(7)3-1/h1-3H2. The lowest BCUT2D eigenvalue weighted by molar-refractivity contribution is 1.09. The monoisotopic (exact) mass is 97.1 g/mol. The van der Waals surface area contributed by atoms with E-state index in [-0.39, 0.29) is 0 Å². The van der Waals surface area contributed by atoms with Crippen LogP contribution in [0.15, 0.2) is 0 Å². The van der Waals surface area contributed by atoms with E-state index in [0.717, 1.165) is 13.0 Å². The Labute approximate surface area is 54.0 Å². The van der Waals surface area contributed by atoms with Crippen molar-refractivity contribution in [1.29, 1.82) is 0 Å². The van der Waals surface area contributed by atoms with Gasteiger partial charge in [-0.05, 0) is 0 Å². The van der Waals surface area contributed by atoms with Crippen LogP contribution in [0.5, 0.6) is 0 Å². The molecule has 2 rings (SSSR count). The lowest BCUT2D eigenvalue weighted by Crippen LogP contribution is -2.30. The lowest BCUT2D eigenvalue weighted by Gasteiger charge is -1.98. The molecule has 3 radical (unpaired) electrons. The van der Waals surface area contributed by atoms with Crippen LogP contribution in [0.3, 0.4) is 0 Å². The highest BCUT2D eigenvalue weighted by molar-refractivity contribution is 7.85. The summed E-state index contributed by atoms with van der Waals surface area (Å²) in [4.78, 5) is 0. The van der Waals surface area contributed by atoms with Crippen molar-refractivity contribution >= 4 is 34.2 Å². The van der Waals surface area contributed by atoms with Crippen LogP contribution in [-0.4, -0.2) is 34.2 Å². The van der Waals surface area contributed by atoms with Gasteiger partial charge in [-0.3, -0.25) is 0 Å². The Morgan fingerprint density at radius 2 is 1.62 bits per heavy atom. The topological polar surface area (TPSA) is 0 Å². The Hall–Kier alpha value is 0.325. The summed E-state index contributed by atoms with van der Waals surface area (Å²) in [5.74, 6) is 0. The summed E-state index contributed by atoms with van der Waals surface area (Å²) in [6.07, 6.45) is 4.34. The van der Waals surface area contributed by atoms with Crippen LogP contribution in [-0.2, 0) is 0 Å². The normalized spacial score (nSPS) is 24.0. The Bertz CT molecular complexity index is 73.7. The highest BCUT2D eigenvalue weighted by atomic mass is 13.8. The van der Waals surface area contributed by atoms with Gasteiger partial charge in [0.05, 0.1) is 13.0 Å². The van der Waals surface area contributed by atoms with Gasteiger partial charge < -0.3 is 0 Å². The molecule has 0 atom stereocenters. The minimum atomic E-state index is 0.940. The molecule has 0 aliphatic carbocycles. The van der Waals surface area contributed by atoms with E-state index in [1.807, 2.05) is 0 Å². The Balaban J connectivity index is 2.04. The Morgan fingerprint density at radius 1 is 1.00 bits per heavy atom. The molecule has 2 aliphatic heterocycles. The highest BCUT2D eigenvalue weighted by Crippen LogP contribution is 2.19. The number of hydrogen-bond donors (Lipinski definition) is 0. The van der Waals surface area contributed by atoms with E-state index in [1.54, 1.807) is 0 Å². The van der Waals surface area contributed by atoms with Gasteiger partial charge in [0.2, 0.25) is 0 Å². The maximum absolute atomic E-state index is 2.36. The lowest BCUT2D eigenvalue weighted by atomic mass is 8.95. The summed E-state index contributed by atoms with van der Waals surface area (Å²) in [7, 11) is 6.95. The molecule has 2 fully saturated rings. The minimum absolute atomic E-state index is 0.940. The van der Waals surface area contributed by atoms with Crippen molar-refractivity contribution in [1.82, 2.24) is 0 Å². The van der Waals surface area contributed by atoms with Crippen molar-refractivity contribution in [3.05, 3.63) is 0 Å². The molecule has 5 heteroatoms. The van der Waals surface area contributed by atoms with Crippen LogP contribution in [0.1, 0.15) is 6.42 Å². The summed E-state index contributed by atoms with van der Waals surface area (Å²) < 4.78 is 0. The first-order valence-corrected chi connectivity index (χ1v) is 3.48. The molecule has 0 aromatic carbocycles. The zero-order valence-corrected chi connectivity index (χ0v) is 5.01. The van der Waals surface area contributed by atoms with Gasteiger partial charge in [-0.2, -0.15) is 0 Å². The molecule has 2 aliphatic rings. The van der Waals surface area contributed by atoms with Gasteiger partial charge in [0.25, 0.3) is 0 Å². The minimum Gasteiger partial charge on any atom is -0.0902 e. The van der Waals surface area contributed by atoms with Crippen LogP contribution < -0.4 is 0 Å². The Kier molecular flexibility index (Phi) is 1.24. The molecular weight excluding hydrogens is 90.1 g/mol. The zero-order chi connectivity index (χ0) is 5.40. The van der Waals surface area contributed by atoms with Crippen molar-refractivity contribution in [3.8, 4) is 0 Å². The second kappa shape index (κ2) is 1.93.